The summed E-state index contributed by atoms with van der Waals surface area (Å²) in [6.45, 7) is 2.22. The lowest BCUT2D eigenvalue weighted by atomic mass is 9.80. The van der Waals surface area contributed by atoms with Crippen LogP contribution in [0.5, 0.6) is 0 Å². The Hall–Kier alpha value is -2.03. The second kappa shape index (κ2) is 10.1. The molecule has 1 atom stereocenters. The molecule has 1 unspecified atom stereocenters. The summed E-state index contributed by atoms with van der Waals surface area (Å²) in [6, 6.07) is 6.58. The van der Waals surface area contributed by atoms with Gasteiger partial charge < -0.3 is 0 Å². The Kier molecular flexibility index (Phi) is 7.77. The third kappa shape index (κ3) is 5.22. The van der Waals surface area contributed by atoms with E-state index < -0.39 is 17.5 Å². The number of benzene rings is 1. The molecule has 0 amide bonds. The molecule has 134 valence electrons. The summed E-state index contributed by atoms with van der Waals surface area (Å²) in [4.78, 5) is 36.7. The molecule has 0 aromatic heterocycles. The molecule has 0 heterocycles. The first-order chi connectivity index (χ1) is 12.2. The Morgan fingerprint density at radius 1 is 0.800 bits per heavy atom. The van der Waals surface area contributed by atoms with Crippen molar-refractivity contribution in [1.82, 2.24) is 0 Å². The molecule has 0 saturated heterocycles. The van der Waals surface area contributed by atoms with E-state index in [0.29, 0.717) is 5.56 Å². The minimum atomic E-state index is -0.934. The number of unbranched alkanes of at least 4 members (excludes halogenated alkanes) is 8. The number of ketones is 3. The van der Waals surface area contributed by atoms with E-state index in [9.17, 15) is 14.4 Å². The molecule has 0 bridgehead atoms. The summed E-state index contributed by atoms with van der Waals surface area (Å²) in [5.74, 6) is -2.34. The van der Waals surface area contributed by atoms with Gasteiger partial charge in [-0.15, -0.1) is 0 Å². The molecule has 25 heavy (non-hydrogen) atoms. The monoisotopic (exact) mass is 340 g/mol. The molecule has 0 fully saturated rings. The van der Waals surface area contributed by atoms with Gasteiger partial charge in [0, 0.05) is 11.1 Å². The Morgan fingerprint density at radius 3 is 2.08 bits per heavy atom. The summed E-state index contributed by atoms with van der Waals surface area (Å²) >= 11 is 0. The molecule has 0 N–H and O–H groups in total. The van der Waals surface area contributed by atoms with Gasteiger partial charge in [-0.3, -0.25) is 14.4 Å². The molecule has 1 aromatic rings. The molecule has 2 rings (SSSR count). The third-order valence-electron chi connectivity index (χ3n) is 4.78. The highest BCUT2D eigenvalue weighted by atomic mass is 16.2. The van der Waals surface area contributed by atoms with Gasteiger partial charge in [0.15, 0.2) is 5.78 Å². The second-order valence-corrected chi connectivity index (χ2v) is 6.77. The average Bonchev–Trinajstić information content (AvgIpc) is 2.64. The second-order valence-electron chi connectivity index (χ2n) is 6.77. The molecule has 1 aliphatic rings. The van der Waals surface area contributed by atoms with Crippen LogP contribution in [0.25, 0.3) is 0 Å². The summed E-state index contributed by atoms with van der Waals surface area (Å²) < 4.78 is 0. The predicted molar refractivity (Wildman–Crippen MR) is 100.0 cm³/mol. The van der Waals surface area contributed by atoms with Gasteiger partial charge in [0.1, 0.15) is 5.92 Å². The van der Waals surface area contributed by atoms with Crippen molar-refractivity contribution >= 4 is 17.3 Å². The zero-order valence-corrected chi connectivity index (χ0v) is 15.1. The number of allylic oxidation sites excluding steroid dienone is 2. The highest BCUT2D eigenvalue weighted by Gasteiger charge is 2.38. The lowest BCUT2D eigenvalue weighted by Gasteiger charge is -2.18. The van der Waals surface area contributed by atoms with Gasteiger partial charge in [0.05, 0.1) is 0 Å². The first-order valence-electron chi connectivity index (χ1n) is 9.55. The largest absolute Gasteiger partial charge is 0.293 e. The zero-order valence-electron chi connectivity index (χ0n) is 15.1. The maximum Gasteiger partial charge on any atom is 0.230 e. The van der Waals surface area contributed by atoms with Gasteiger partial charge in [0.2, 0.25) is 11.6 Å². The fourth-order valence-electron chi connectivity index (χ4n) is 3.26. The summed E-state index contributed by atoms with van der Waals surface area (Å²) in [5, 5.41) is 0. The van der Waals surface area contributed by atoms with Gasteiger partial charge in [-0.1, -0.05) is 88.3 Å². The van der Waals surface area contributed by atoms with Crippen molar-refractivity contribution in [3.63, 3.8) is 0 Å². The molecule has 3 heteroatoms. The molecule has 0 aliphatic heterocycles. The summed E-state index contributed by atoms with van der Waals surface area (Å²) in [6.07, 6.45) is 14.4. The minimum Gasteiger partial charge on any atom is -0.293 e. The van der Waals surface area contributed by atoms with Crippen LogP contribution in [-0.2, 0) is 4.79 Å². The van der Waals surface area contributed by atoms with E-state index in [2.05, 4.69) is 6.92 Å². The Labute approximate surface area is 150 Å². The number of rotatable bonds is 10. The lowest BCUT2D eigenvalue weighted by molar-refractivity contribution is -0.116. The Morgan fingerprint density at radius 2 is 1.40 bits per heavy atom. The van der Waals surface area contributed by atoms with E-state index in [1.807, 2.05) is 6.08 Å². The lowest BCUT2D eigenvalue weighted by Crippen LogP contribution is -2.35. The molecule has 3 nitrogen and oxygen atoms in total. The smallest absolute Gasteiger partial charge is 0.230 e. The van der Waals surface area contributed by atoms with Crippen LogP contribution in [0.2, 0.25) is 0 Å². The summed E-state index contributed by atoms with van der Waals surface area (Å²) in [5.41, 5.74) is 0.610. The van der Waals surface area contributed by atoms with Crippen molar-refractivity contribution < 1.29 is 14.4 Å². The Balaban J connectivity index is 1.77. The van der Waals surface area contributed by atoms with Crippen LogP contribution in [0.15, 0.2) is 36.4 Å². The number of hydrogen-bond acceptors (Lipinski definition) is 3. The van der Waals surface area contributed by atoms with Crippen molar-refractivity contribution in [1.29, 1.82) is 0 Å². The maximum absolute atomic E-state index is 12.4. The van der Waals surface area contributed by atoms with Gasteiger partial charge in [0.25, 0.3) is 0 Å². The van der Waals surface area contributed by atoms with E-state index in [1.54, 1.807) is 30.3 Å². The molecule has 1 aromatic carbocycles. The first-order valence-corrected chi connectivity index (χ1v) is 9.55. The molecule has 0 radical (unpaired) electrons. The molecule has 0 saturated carbocycles. The third-order valence-corrected chi connectivity index (χ3v) is 4.78. The van der Waals surface area contributed by atoms with E-state index in [4.69, 9.17) is 0 Å². The van der Waals surface area contributed by atoms with Crippen molar-refractivity contribution in [2.75, 3.05) is 0 Å². The minimum absolute atomic E-state index is 0.241. The molecular formula is C22H28O3. The van der Waals surface area contributed by atoms with Crippen molar-refractivity contribution in [3.05, 3.63) is 47.5 Å². The number of Topliss-reactive ketones (excluding diaryl/α,β-unsaturated/α-hetero) is 3. The maximum atomic E-state index is 12.4. The molecule has 1 aliphatic carbocycles. The van der Waals surface area contributed by atoms with E-state index >= 15 is 0 Å². The number of carbonyl (C=O) groups excluding carboxylic acids is 3. The normalized spacial score (nSPS) is 17.3. The van der Waals surface area contributed by atoms with Crippen LogP contribution in [0, 0.1) is 5.92 Å². The molecule has 0 spiro atoms. The highest BCUT2D eigenvalue weighted by Crippen LogP contribution is 2.24. The van der Waals surface area contributed by atoms with Gasteiger partial charge >= 0.3 is 0 Å². The SMILES string of the molecule is CCCCCCCCCCC=CC1C(=O)C(=O)c2ccccc2C1=O. The standard InChI is InChI=1S/C22H28O3/c1-2-3-4-5-6-7-8-9-10-11-16-19-20(23)17-14-12-13-15-18(17)21(24)22(19)25/h11-16,19H,2-10H2,1H3. The van der Waals surface area contributed by atoms with Gasteiger partial charge in [-0.05, 0) is 12.8 Å². The van der Waals surface area contributed by atoms with Gasteiger partial charge in [-0.2, -0.15) is 0 Å². The fraction of sp³-hybridized carbons (Fsp3) is 0.500. The molecular weight excluding hydrogens is 312 g/mol. The predicted octanol–water partition coefficient (Wildman–Crippen LogP) is 5.34. The van der Waals surface area contributed by atoms with E-state index in [-0.39, 0.29) is 11.3 Å². The van der Waals surface area contributed by atoms with Crippen molar-refractivity contribution in [3.8, 4) is 0 Å². The van der Waals surface area contributed by atoms with Crippen LogP contribution in [-0.4, -0.2) is 17.3 Å². The van der Waals surface area contributed by atoms with Crippen LogP contribution < -0.4 is 0 Å². The van der Waals surface area contributed by atoms with Gasteiger partial charge in [-0.25, -0.2) is 0 Å². The van der Waals surface area contributed by atoms with Crippen LogP contribution >= 0.6 is 0 Å². The topological polar surface area (TPSA) is 51.2 Å². The quantitative estimate of drug-likeness (QED) is 0.250. The first kappa shape index (κ1) is 19.3. The summed E-state index contributed by atoms with van der Waals surface area (Å²) in [7, 11) is 0. The van der Waals surface area contributed by atoms with Crippen LogP contribution in [0.1, 0.15) is 85.4 Å². The number of hydrogen-bond donors (Lipinski definition) is 0. The number of fused-ring (bicyclic) bond motifs is 1. The zero-order chi connectivity index (χ0) is 18.1. The van der Waals surface area contributed by atoms with Crippen molar-refractivity contribution in [2.45, 2.75) is 64.7 Å². The average molecular weight is 340 g/mol. The van der Waals surface area contributed by atoms with E-state index in [0.717, 1.165) is 12.8 Å². The van der Waals surface area contributed by atoms with Crippen LogP contribution in [0.4, 0.5) is 0 Å². The number of carbonyl (C=O) groups is 3. The highest BCUT2D eigenvalue weighted by molar-refractivity contribution is 6.52. The van der Waals surface area contributed by atoms with Crippen molar-refractivity contribution in [2.24, 2.45) is 5.92 Å². The van der Waals surface area contributed by atoms with E-state index in [1.165, 1.54) is 44.9 Å². The Bertz CT molecular complexity index is 642. The fourth-order valence-corrected chi connectivity index (χ4v) is 3.26. The van der Waals surface area contributed by atoms with Crippen LogP contribution in [0.3, 0.4) is 0 Å².